The molecule has 6 nitrogen and oxygen atoms in total. The van der Waals surface area contributed by atoms with Crippen LogP contribution in [-0.2, 0) is 4.79 Å². The van der Waals surface area contributed by atoms with Gasteiger partial charge in [-0.05, 0) is 74.1 Å². The number of benzene rings is 2. The second-order valence-corrected chi connectivity index (χ2v) is 10.0. The van der Waals surface area contributed by atoms with E-state index in [0.717, 1.165) is 35.3 Å². The lowest BCUT2D eigenvalue weighted by atomic mass is 9.91. The highest BCUT2D eigenvalue weighted by Gasteiger charge is 2.17. The molecule has 0 bridgehead atoms. The molecule has 2 atom stereocenters. The lowest BCUT2D eigenvalue weighted by Gasteiger charge is -2.20. The van der Waals surface area contributed by atoms with Crippen molar-refractivity contribution >= 4 is 40.4 Å². The average molecular weight is 518 g/mol. The maximum Gasteiger partial charge on any atom is 0.250 e. The Morgan fingerprint density at radius 1 is 1.11 bits per heavy atom. The van der Waals surface area contributed by atoms with Crippen molar-refractivity contribution in [2.75, 3.05) is 17.3 Å². The quantitative estimate of drug-likeness (QED) is 0.215. The van der Waals surface area contributed by atoms with Crippen LogP contribution in [0.5, 0.6) is 0 Å². The molecule has 1 heterocycles. The second kappa shape index (κ2) is 12.6. The first-order chi connectivity index (χ1) is 17.6. The second-order valence-electron chi connectivity index (χ2n) is 9.59. The highest BCUT2D eigenvalue weighted by Crippen LogP contribution is 2.28. The van der Waals surface area contributed by atoms with Crippen molar-refractivity contribution < 1.29 is 4.79 Å². The Balaban J connectivity index is 1.77. The van der Waals surface area contributed by atoms with Crippen LogP contribution in [0.25, 0.3) is 0 Å². The van der Waals surface area contributed by atoms with Crippen LogP contribution >= 0.6 is 11.6 Å². The summed E-state index contributed by atoms with van der Waals surface area (Å²) in [5.74, 6) is 1.67. The fourth-order valence-electron chi connectivity index (χ4n) is 4.12. The Kier molecular flexibility index (Phi) is 9.59. The molecule has 0 radical (unpaired) electrons. The lowest BCUT2D eigenvalue weighted by molar-refractivity contribution is -0.113. The van der Waals surface area contributed by atoms with E-state index in [9.17, 15) is 4.79 Å². The van der Waals surface area contributed by atoms with Gasteiger partial charge in [0.15, 0.2) is 0 Å². The predicted molar refractivity (Wildman–Crippen MR) is 154 cm³/mol. The summed E-state index contributed by atoms with van der Waals surface area (Å²) in [7, 11) is 1.79. The summed E-state index contributed by atoms with van der Waals surface area (Å²) < 4.78 is 0. The molecule has 2 aromatic carbocycles. The number of allylic oxidation sites excluding steroid dienone is 1. The van der Waals surface area contributed by atoms with E-state index in [1.54, 1.807) is 30.2 Å². The zero-order chi connectivity index (χ0) is 27.1. The molecule has 0 aliphatic carbocycles. The van der Waals surface area contributed by atoms with Gasteiger partial charge in [0.2, 0.25) is 5.91 Å². The van der Waals surface area contributed by atoms with Gasteiger partial charge in [0, 0.05) is 29.0 Å². The number of aryl methyl sites for hydroxylation is 2. The minimum absolute atomic E-state index is 0.0507. The van der Waals surface area contributed by atoms with Gasteiger partial charge in [0.05, 0.1) is 17.0 Å². The molecule has 0 saturated carbocycles. The van der Waals surface area contributed by atoms with Crippen molar-refractivity contribution in [1.29, 1.82) is 5.41 Å². The fraction of sp³-hybridized carbons (Fsp3) is 0.333. The number of nitrogens with one attached hydrogen (secondary N) is 2. The number of aromatic nitrogens is 2. The maximum atomic E-state index is 12.8. The summed E-state index contributed by atoms with van der Waals surface area (Å²) in [5.41, 5.74) is 4.95. The first-order valence-electron chi connectivity index (χ1n) is 12.6. The summed E-state index contributed by atoms with van der Waals surface area (Å²) in [6.45, 7) is 10.5. The van der Waals surface area contributed by atoms with E-state index in [2.05, 4.69) is 36.1 Å². The summed E-state index contributed by atoms with van der Waals surface area (Å²) in [6.07, 6.45) is 7.17. The van der Waals surface area contributed by atoms with Crippen molar-refractivity contribution in [3.05, 3.63) is 88.4 Å². The Morgan fingerprint density at radius 2 is 1.81 bits per heavy atom. The highest BCUT2D eigenvalue weighted by atomic mass is 35.5. The van der Waals surface area contributed by atoms with E-state index in [4.69, 9.17) is 17.0 Å². The number of anilines is 3. The Hall–Kier alpha value is -3.51. The molecule has 0 spiro atoms. The zero-order valence-corrected chi connectivity index (χ0v) is 23.2. The standard InChI is InChI=1S/C30H36ClN5O/c1-7-19(2)20(3)9-8-10-27(37)36(6)26-16-15-25(17-21(26)4)35-30-28(22(5)33-18-34-30)29(32)23-11-13-24(31)14-12-23/h8,10-20,32H,7,9H2,1-6H3,(H,33,34,35). The van der Waals surface area contributed by atoms with Gasteiger partial charge in [-0.2, -0.15) is 0 Å². The minimum atomic E-state index is -0.0507. The van der Waals surface area contributed by atoms with Crippen LogP contribution < -0.4 is 10.2 Å². The van der Waals surface area contributed by atoms with Crippen LogP contribution in [0, 0.1) is 31.1 Å². The molecular weight excluding hydrogens is 482 g/mol. The summed E-state index contributed by atoms with van der Waals surface area (Å²) in [5, 5.41) is 12.7. The topological polar surface area (TPSA) is 82.0 Å². The van der Waals surface area contributed by atoms with Gasteiger partial charge >= 0.3 is 0 Å². The van der Waals surface area contributed by atoms with Gasteiger partial charge in [-0.15, -0.1) is 0 Å². The molecule has 3 aromatic rings. The number of nitrogens with zero attached hydrogens (tertiary/aromatic N) is 3. The van der Waals surface area contributed by atoms with Gasteiger partial charge in [0.1, 0.15) is 12.1 Å². The molecule has 37 heavy (non-hydrogen) atoms. The van der Waals surface area contributed by atoms with Crippen molar-refractivity contribution in [3.8, 4) is 0 Å². The van der Waals surface area contributed by atoms with Crippen LogP contribution in [0.4, 0.5) is 17.2 Å². The maximum absolute atomic E-state index is 12.8. The number of carbonyl (C=O) groups is 1. The van der Waals surface area contributed by atoms with E-state index in [1.807, 2.05) is 50.3 Å². The summed E-state index contributed by atoms with van der Waals surface area (Å²) >= 11 is 6.02. The summed E-state index contributed by atoms with van der Waals surface area (Å²) in [4.78, 5) is 23.2. The molecule has 0 aliphatic rings. The third-order valence-corrected chi connectivity index (χ3v) is 7.21. The van der Waals surface area contributed by atoms with Crippen molar-refractivity contribution in [3.63, 3.8) is 0 Å². The molecule has 1 amide bonds. The van der Waals surface area contributed by atoms with Gasteiger partial charge < -0.3 is 10.2 Å². The molecule has 2 N–H and O–H groups in total. The number of hydrogen-bond acceptors (Lipinski definition) is 5. The number of halogens is 1. The van der Waals surface area contributed by atoms with Gasteiger partial charge in [-0.3, -0.25) is 10.2 Å². The fourth-order valence-corrected chi connectivity index (χ4v) is 4.25. The van der Waals surface area contributed by atoms with Crippen LogP contribution in [0.3, 0.4) is 0 Å². The largest absolute Gasteiger partial charge is 0.340 e. The number of hydrogen-bond donors (Lipinski definition) is 2. The van der Waals surface area contributed by atoms with Crippen LogP contribution in [-0.4, -0.2) is 28.6 Å². The van der Waals surface area contributed by atoms with Crippen LogP contribution in [0.15, 0.2) is 60.9 Å². The smallest absolute Gasteiger partial charge is 0.250 e. The average Bonchev–Trinajstić information content (AvgIpc) is 2.88. The molecule has 0 saturated heterocycles. The molecule has 2 unspecified atom stereocenters. The molecule has 0 aliphatic heterocycles. The predicted octanol–water partition coefficient (Wildman–Crippen LogP) is 7.50. The molecule has 0 fully saturated rings. The SMILES string of the molecule is CCC(C)C(C)CC=CC(=O)N(C)c1ccc(Nc2ncnc(C)c2C(=N)c2ccc(Cl)cc2)cc1C. The van der Waals surface area contributed by atoms with Crippen LogP contribution in [0.1, 0.15) is 56.0 Å². The van der Waals surface area contributed by atoms with E-state index in [1.165, 1.54) is 6.33 Å². The lowest BCUT2D eigenvalue weighted by Crippen LogP contribution is -2.24. The molecule has 1 aromatic heterocycles. The van der Waals surface area contributed by atoms with E-state index >= 15 is 0 Å². The first kappa shape index (κ1) is 28.1. The molecule has 7 heteroatoms. The summed E-state index contributed by atoms with van der Waals surface area (Å²) in [6, 6.07) is 13.0. The monoisotopic (exact) mass is 517 g/mol. The van der Waals surface area contributed by atoms with Crippen molar-refractivity contribution in [2.45, 2.75) is 47.5 Å². The van der Waals surface area contributed by atoms with E-state index < -0.39 is 0 Å². The van der Waals surface area contributed by atoms with Gasteiger partial charge in [-0.1, -0.05) is 57.0 Å². The van der Waals surface area contributed by atoms with Crippen molar-refractivity contribution in [1.82, 2.24) is 9.97 Å². The minimum Gasteiger partial charge on any atom is -0.340 e. The molecule has 194 valence electrons. The normalized spacial score (nSPS) is 12.8. The third-order valence-electron chi connectivity index (χ3n) is 6.95. The van der Waals surface area contributed by atoms with Gasteiger partial charge in [0.25, 0.3) is 0 Å². The number of amides is 1. The highest BCUT2D eigenvalue weighted by molar-refractivity contribution is 6.30. The van der Waals surface area contributed by atoms with E-state index in [0.29, 0.717) is 39.6 Å². The van der Waals surface area contributed by atoms with Gasteiger partial charge in [-0.25, -0.2) is 9.97 Å². The van der Waals surface area contributed by atoms with Crippen LogP contribution in [0.2, 0.25) is 5.02 Å². The Morgan fingerprint density at radius 3 is 2.46 bits per heavy atom. The van der Waals surface area contributed by atoms with Crippen molar-refractivity contribution in [2.24, 2.45) is 11.8 Å². The molecule has 3 rings (SSSR count). The Bertz CT molecular complexity index is 1290. The number of likely N-dealkylation sites (N-methyl/N-ethyl adjacent to an activating group) is 1. The number of rotatable bonds is 10. The Labute approximate surface area is 225 Å². The molecular formula is C30H36ClN5O. The number of carbonyl (C=O) groups excluding carboxylic acids is 1. The third kappa shape index (κ3) is 7.04. The van der Waals surface area contributed by atoms with E-state index in [-0.39, 0.29) is 5.91 Å². The zero-order valence-electron chi connectivity index (χ0n) is 22.5. The first-order valence-corrected chi connectivity index (χ1v) is 13.0.